The lowest BCUT2D eigenvalue weighted by Gasteiger charge is -2.27. The van der Waals surface area contributed by atoms with E-state index in [1.54, 1.807) is 0 Å². The molecule has 1 fully saturated rings. The van der Waals surface area contributed by atoms with E-state index in [0.29, 0.717) is 6.04 Å². The maximum atomic E-state index is 12.0. The Hall–Kier alpha value is -0.350. The molecule has 0 aliphatic heterocycles. The van der Waals surface area contributed by atoms with E-state index in [1.165, 1.54) is 24.2 Å². The zero-order chi connectivity index (χ0) is 11.8. The van der Waals surface area contributed by atoms with Crippen molar-refractivity contribution in [3.63, 3.8) is 0 Å². The molecule has 0 bridgehead atoms. The maximum Gasteiger partial charge on any atom is 0.262 e. The van der Waals surface area contributed by atoms with E-state index in [-0.39, 0.29) is 11.3 Å². The Bertz CT molecular complexity index is 399. The fourth-order valence-electron chi connectivity index (χ4n) is 2.27. The lowest BCUT2D eigenvalue weighted by molar-refractivity contribution is 0.0913. The molecule has 1 aliphatic rings. The number of nitrogens with one attached hydrogen (secondary N) is 1. The van der Waals surface area contributed by atoms with Crippen molar-refractivity contribution in [2.24, 2.45) is 5.41 Å². The number of halogens is 1. The number of amides is 1. The van der Waals surface area contributed by atoms with Crippen LogP contribution in [0.3, 0.4) is 0 Å². The van der Waals surface area contributed by atoms with Gasteiger partial charge in [0.2, 0.25) is 0 Å². The highest BCUT2D eigenvalue weighted by atomic mass is 79.9. The minimum atomic E-state index is 0.0573. The van der Waals surface area contributed by atoms with Crippen molar-refractivity contribution in [3.8, 4) is 0 Å². The topological polar surface area (TPSA) is 29.1 Å². The van der Waals surface area contributed by atoms with Gasteiger partial charge in [0, 0.05) is 10.5 Å². The quantitative estimate of drug-likeness (QED) is 0.884. The van der Waals surface area contributed by atoms with Gasteiger partial charge in [-0.1, -0.05) is 20.3 Å². The predicted molar refractivity (Wildman–Crippen MR) is 70.9 cm³/mol. The predicted octanol–water partition coefficient (Wildman–Crippen LogP) is 3.82. The van der Waals surface area contributed by atoms with E-state index >= 15 is 0 Å². The van der Waals surface area contributed by atoms with Crippen LogP contribution >= 0.6 is 27.3 Å². The lowest BCUT2D eigenvalue weighted by atomic mass is 9.87. The maximum absolute atomic E-state index is 12.0. The molecule has 1 aromatic heterocycles. The Morgan fingerprint density at radius 1 is 1.62 bits per heavy atom. The average Bonchev–Trinajstić information content (AvgIpc) is 2.74. The van der Waals surface area contributed by atoms with Crippen LogP contribution in [0.15, 0.2) is 15.9 Å². The van der Waals surface area contributed by atoms with Gasteiger partial charge < -0.3 is 5.32 Å². The highest BCUT2D eigenvalue weighted by Crippen LogP contribution is 2.37. The molecule has 88 valence electrons. The smallest absolute Gasteiger partial charge is 0.262 e. The van der Waals surface area contributed by atoms with Crippen LogP contribution < -0.4 is 5.32 Å². The summed E-state index contributed by atoms with van der Waals surface area (Å²) in [5.74, 6) is 0.0573. The SMILES string of the molecule is CC1(C)CCCC1NC(=O)c1sccc1Br. The summed E-state index contributed by atoms with van der Waals surface area (Å²) in [6.45, 7) is 4.46. The van der Waals surface area contributed by atoms with Gasteiger partial charge in [-0.3, -0.25) is 4.79 Å². The Kier molecular flexibility index (Phi) is 3.40. The largest absolute Gasteiger partial charge is 0.348 e. The highest BCUT2D eigenvalue weighted by Gasteiger charge is 2.35. The molecule has 1 unspecified atom stereocenters. The molecule has 1 amide bonds. The zero-order valence-electron chi connectivity index (χ0n) is 9.55. The third-order valence-electron chi connectivity index (χ3n) is 3.39. The van der Waals surface area contributed by atoms with Gasteiger partial charge in [0.15, 0.2) is 0 Å². The van der Waals surface area contributed by atoms with Crippen LogP contribution in [0.25, 0.3) is 0 Å². The van der Waals surface area contributed by atoms with Gasteiger partial charge in [-0.25, -0.2) is 0 Å². The standard InChI is InChI=1S/C12H16BrNOS/c1-12(2)6-3-4-9(12)14-11(15)10-8(13)5-7-16-10/h5,7,9H,3-4,6H2,1-2H3,(H,14,15). The third kappa shape index (κ3) is 2.33. The van der Waals surface area contributed by atoms with Gasteiger partial charge in [0.25, 0.3) is 5.91 Å². The first-order valence-corrected chi connectivity index (χ1v) is 7.22. The van der Waals surface area contributed by atoms with E-state index in [4.69, 9.17) is 0 Å². The van der Waals surface area contributed by atoms with E-state index in [0.717, 1.165) is 15.8 Å². The van der Waals surface area contributed by atoms with Gasteiger partial charge in [-0.2, -0.15) is 0 Å². The molecule has 0 saturated heterocycles. The Labute approximate surface area is 109 Å². The molecule has 1 aliphatic carbocycles. The van der Waals surface area contributed by atoms with Crippen LogP contribution in [0.2, 0.25) is 0 Å². The number of carbonyl (C=O) groups excluding carboxylic acids is 1. The summed E-state index contributed by atoms with van der Waals surface area (Å²) >= 11 is 4.88. The highest BCUT2D eigenvalue weighted by molar-refractivity contribution is 9.10. The summed E-state index contributed by atoms with van der Waals surface area (Å²) in [4.78, 5) is 12.8. The fourth-order valence-corrected chi connectivity index (χ4v) is 3.73. The van der Waals surface area contributed by atoms with Crippen LogP contribution in [0.5, 0.6) is 0 Å². The molecule has 4 heteroatoms. The number of rotatable bonds is 2. The molecule has 1 N–H and O–H groups in total. The van der Waals surface area contributed by atoms with Gasteiger partial charge in [-0.15, -0.1) is 11.3 Å². The summed E-state index contributed by atoms with van der Waals surface area (Å²) in [6.07, 6.45) is 3.51. The van der Waals surface area contributed by atoms with Crippen molar-refractivity contribution in [3.05, 3.63) is 20.8 Å². The second kappa shape index (κ2) is 4.49. The van der Waals surface area contributed by atoms with Crippen LogP contribution in [0.1, 0.15) is 42.8 Å². The summed E-state index contributed by atoms with van der Waals surface area (Å²) < 4.78 is 0.894. The molecule has 16 heavy (non-hydrogen) atoms. The second-order valence-electron chi connectivity index (χ2n) is 5.00. The zero-order valence-corrected chi connectivity index (χ0v) is 12.0. The molecule has 1 heterocycles. The number of thiophene rings is 1. The van der Waals surface area contributed by atoms with Crippen molar-refractivity contribution in [1.82, 2.24) is 5.32 Å². The number of carbonyl (C=O) groups is 1. The Balaban J connectivity index is 2.06. The number of hydrogen-bond acceptors (Lipinski definition) is 2. The van der Waals surface area contributed by atoms with E-state index in [1.807, 2.05) is 11.4 Å². The van der Waals surface area contributed by atoms with Crippen LogP contribution in [-0.4, -0.2) is 11.9 Å². The molecule has 2 rings (SSSR count). The first-order valence-electron chi connectivity index (χ1n) is 5.54. The minimum Gasteiger partial charge on any atom is -0.348 e. The third-order valence-corrected chi connectivity index (χ3v) is 5.22. The molecular formula is C12H16BrNOS. The molecule has 2 nitrogen and oxygen atoms in total. The van der Waals surface area contributed by atoms with Crippen molar-refractivity contribution in [2.45, 2.75) is 39.2 Å². The van der Waals surface area contributed by atoms with Crippen molar-refractivity contribution >= 4 is 33.2 Å². The van der Waals surface area contributed by atoms with Crippen molar-refractivity contribution < 1.29 is 4.79 Å². The molecule has 0 radical (unpaired) electrons. The van der Waals surface area contributed by atoms with Gasteiger partial charge in [-0.05, 0) is 45.6 Å². The van der Waals surface area contributed by atoms with Gasteiger partial charge in [0.1, 0.15) is 4.88 Å². The summed E-state index contributed by atoms with van der Waals surface area (Å²) in [6, 6.07) is 2.23. The van der Waals surface area contributed by atoms with Gasteiger partial charge >= 0.3 is 0 Å². The first-order chi connectivity index (χ1) is 7.50. The number of hydrogen-bond donors (Lipinski definition) is 1. The van der Waals surface area contributed by atoms with Crippen LogP contribution in [0.4, 0.5) is 0 Å². The molecule has 0 aromatic carbocycles. The summed E-state index contributed by atoms with van der Waals surface area (Å²) in [5.41, 5.74) is 0.236. The Morgan fingerprint density at radius 3 is 2.88 bits per heavy atom. The average molecular weight is 302 g/mol. The molecular weight excluding hydrogens is 286 g/mol. The summed E-state index contributed by atoms with van der Waals surface area (Å²) in [7, 11) is 0. The van der Waals surface area contributed by atoms with E-state index in [9.17, 15) is 4.79 Å². The van der Waals surface area contributed by atoms with Crippen LogP contribution in [-0.2, 0) is 0 Å². The molecule has 0 spiro atoms. The summed E-state index contributed by atoms with van der Waals surface area (Å²) in [5, 5.41) is 5.08. The van der Waals surface area contributed by atoms with Crippen molar-refractivity contribution in [2.75, 3.05) is 0 Å². The first kappa shape index (κ1) is 12.1. The van der Waals surface area contributed by atoms with E-state index in [2.05, 4.69) is 35.1 Å². The Morgan fingerprint density at radius 2 is 2.38 bits per heavy atom. The minimum absolute atomic E-state index is 0.0573. The van der Waals surface area contributed by atoms with Gasteiger partial charge in [0.05, 0.1) is 0 Å². The normalized spacial score (nSPS) is 23.3. The van der Waals surface area contributed by atoms with Crippen LogP contribution in [0, 0.1) is 5.41 Å². The second-order valence-corrected chi connectivity index (χ2v) is 6.77. The lowest BCUT2D eigenvalue weighted by Crippen LogP contribution is -2.41. The van der Waals surface area contributed by atoms with E-state index < -0.39 is 0 Å². The molecule has 1 atom stereocenters. The fraction of sp³-hybridized carbons (Fsp3) is 0.583. The monoisotopic (exact) mass is 301 g/mol. The molecule has 1 saturated carbocycles. The molecule has 1 aromatic rings. The van der Waals surface area contributed by atoms with Crippen molar-refractivity contribution in [1.29, 1.82) is 0 Å².